The lowest BCUT2D eigenvalue weighted by molar-refractivity contribution is 0.248. The molecule has 13 heavy (non-hydrogen) atoms. The smallest absolute Gasteiger partial charge is 0.0638 e. The Balaban J connectivity index is 1.80. The van der Waals surface area contributed by atoms with Gasteiger partial charge in [0.15, 0.2) is 0 Å². The molecule has 2 aliphatic rings. The van der Waals surface area contributed by atoms with E-state index in [9.17, 15) is 0 Å². The third-order valence-corrected chi connectivity index (χ3v) is 3.55. The van der Waals surface area contributed by atoms with Crippen LogP contribution in [-0.4, -0.2) is 24.0 Å². The minimum Gasteiger partial charge on any atom is -0.299 e. The zero-order chi connectivity index (χ0) is 9.26. The first-order chi connectivity index (χ1) is 6.31. The van der Waals surface area contributed by atoms with Gasteiger partial charge in [-0.05, 0) is 44.6 Å². The molecule has 0 aromatic rings. The maximum absolute atomic E-state index is 8.61. The number of likely N-dealkylation sites (tertiary alicyclic amines) is 1. The van der Waals surface area contributed by atoms with Gasteiger partial charge in [0.2, 0.25) is 0 Å². The fraction of sp³-hybridized carbons (Fsp3) is 0.909. The van der Waals surface area contributed by atoms with Crippen LogP contribution in [-0.2, 0) is 0 Å². The summed E-state index contributed by atoms with van der Waals surface area (Å²) in [7, 11) is 0. The lowest BCUT2D eigenvalue weighted by Crippen LogP contribution is -2.30. The highest BCUT2D eigenvalue weighted by molar-refractivity contribution is 4.91. The van der Waals surface area contributed by atoms with Crippen LogP contribution in [0.2, 0.25) is 0 Å². The Hall–Kier alpha value is -0.550. The average Bonchev–Trinajstić information content (AvgIpc) is 2.84. The highest BCUT2D eigenvalue weighted by Crippen LogP contribution is 2.41. The number of nitrogens with zero attached hydrogens (tertiary/aromatic N) is 2. The Kier molecular flexibility index (Phi) is 2.55. The quantitative estimate of drug-likeness (QED) is 0.661. The van der Waals surface area contributed by atoms with Crippen molar-refractivity contribution in [3.8, 4) is 6.07 Å². The molecule has 1 heterocycles. The number of rotatable bonds is 3. The fourth-order valence-corrected chi connectivity index (χ4v) is 2.43. The predicted molar refractivity (Wildman–Crippen MR) is 52.1 cm³/mol. The van der Waals surface area contributed by atoms with Crippen molar-refractivity contribution in [1.29, 1.82) is 5.26 Å². The Labute approximate surface area is 80.5 Å². The van der Waals surface area contributed by atoms with Crippen LogP contribution in [0.15, 0.2) is 0 Å². The van der Waals surface area contributed by atoms with Crippen molar-refractivity contribution < 1.29 is 0 Å². The molecule has 0 radical (unpaired) electrons. The second-order valence-corrected chi connectivity index (χ2v) is 4.59. The van der Waals surface area contributed by atoms with Gasteiger partial charge in [-0.25, -0.2) is 0 Å². The van der Waals surface area contributed by atoms with E-state index in [4.69, 9.17) is 5.26 Å². The van der Waals surface area contributed by atoms with E-state index in [0.29, 0.717) is 12.5 Å². The van der Waals surface area contributed by atoms with Crippen LogP contribution in [0.3, 0.4) is 0 Å². The molecule has 1 saturated heterocycles. The molecule has 2 rings (SSSR count). The van der Waals surface area contributed by atoms with Gasteiger partial charge in [-0.2, -0.15) is 5.26 Å². The highest BCUT2D eigenvalue weighted by Gasteiger charge is 2.36. The van der Waals surface area contributed by atoms with Crippen molar-refractivity contribution in [1.82, 2.24) is 4.90 Å². The first-order valence-electron chi connectivity index (χ1n) is 5.42. The molecule has 2 unspecified atom stereocenters. The number of nitriles is 1. The molecule has 0 bridgehead atoms. The zero-order valence-corrected chi connectivity index (χ0v) is 8.37. The van der Waals surface area contributed by atoms with Crippen LogP contribution in [0.4, 0.5) is 0 Å². The van der Waals surface area contributed by atoms with E-state index < -0.39 is 0 Å². The molecule has 72 valence electrons. The van der Waals surface area contributed by atoms with Crippen molar-refractivity contribution in [2.75, 3.05) is 13.1 Å². The van der Waals surface area contributed by atoms with Crippen LogP contribution >= 0.6 is 0 Å². The van der Waals surface area contributed by atoms with Crippen molar-refractivity contribution in [2.45, 2.75) is 38.6 Å². The molecule has 1 saturated carbocycles. The molecule has 2 nitrogen and oxygen atoms in total. The lowest BCUT2D eigenvalue weighted by Gasteiger charge is -2.21. The van der Waals surface area contributed by atoms with E-state index in [1.165, 1.54) is 32.4 Å². The van der Waals surface area contributed by atoms with Crippen LogP contribution in [0.25, 0.3) is 0 Å². The SMILES string of the molecule is CC(CC#N)N1CCC(C2CC2)C1. The maximum atomic E-state index is 8.61. The molecule has 0 aromatic heterocycles. The van der Waals surface area contributed by atoms with Crippen LogP contribution in [0, 0.1) is 23.2 Å². The Bertz CT molecular complexity index is 215. The monoisotopic (exact) mass is 178 g/mol. The molecular formula is C11H18N2. The topological polar surface area (TPSA) is 27.0 Å². The fourth-order valence-electron chi connectivity index (χ4n) is 2.43. The van der Waals surface area contributed by atoms with Gasteiger partial charge in [0.1, 0.15) is 0 Å². The number of hydrogen-bond acceptors (Lipinski definition) is 2. The molecule has 0 spiro atoms. The average molecular weight is 178 g/mol. The van der Waals surface area contributed by atoms with E-state index in [2.05, 4.69) is 17.9 Å². The normalized spacial score (nSPS) is 31.5. The summed E-state index contributed by atoms with van der Waals surface area (Å²) < 4.78 is 0. The molecule has 0 aromatic carbocycles. The second kappa shape index (κ2) is 3.67. The van der Waals surface area contributed by atoms with Crippen LogP contribution < -0.4 is 0 Å². The molecule has 0 amide bonds. The van der Waals surface area contributed by atoms with Gasteiger partial charge in [-0.15, -0.1) is 0 Å². The Morgan fingerprint density at radius 3 is 2.77 bits per heavy atom. The van der Waals surface area contributed by atoms with Gasteiger partial charge in [0, 0.05) is 12.6 Å². The molecular weight excluding hydrogens is 160 g/mol. The summed E-state index contributed by atoms with van der Waals surface area (Å²) in [5.41, 5.74) is 0. The first kappa shape index (κ1) is 9.02. The van der Waals surface area contributed by atoms with E-state index in [-0.39, 0.29) is 0 Å². The van der Waals surface area contributed by atoms with E-state index in [1.54, 1.807) is 0 Å². The van der Waals surface area contributed by atoms with Gasteiger partial charge in [-0.3, -0.25) is 4.90 Å². The van der Waals surface area contributed by atoms with Gasteiger partial charge in [0.05, 0.1) is 12.5 Å². The van der Waals surface area contributed by atoms with Crippen molar-refractivity contribution in [3.05, 3.63) is 0 Å². The largest absolute Gasteiger partial charge is 0.299 e. The van der Waals surface area contributed by atoms with Crippen molar-refractivity contribution in [3.63, 3.8) is 0 Å². The first-order valence-corrected chi connectivity index (χ1v) is 5.42. The predicted octanol–water partition coefficient (Wildman–Crippen LogP) is 2.02. The van der Waals surface area contributed by atoms with Gasteiger partial charge in [0.25, 0.3) is 0 Å². The summed E-state index contributed by atoms with van der Waals surface area (Å²) in [6, 6.07) is 2.74. The highest BCUT2D eigenvalue weighted by atomic mass is 15.2. The minimum absolute atomic E-state index is 0.480. The Morgan fingerprint density at radius 2 is 2.15 bits per heavy atom. The summed E-state index contributed by atoms with van der Waals surface area (Å²) in [5.74, 6) is 2.00. The van der Waals surface area contributed by atoms with Crippen LogP contribution in [0.5, 0.6) is 0 Å². The molecule has 2 fully saturated rings. The molecule has 0 N–H and O–H groups in total. The second-order valence-electron chi connectivity index (χ2n) is 4.59. The molecule has 2 heteroatoms. The van der Waals surface area contributed by atoms with Crippen molar-refractivity contribution in [2.24, 2.45) is 11.8 Å². The van der Waals surface area contributed by atoms with E-state index in [0.717, 1.165) is 11.8 Å². The summed E-state index contributed by atoms with van der Waals surface area (Å²) in [6.45, 7) is 4.66. The maximum Gasteiger partial charge on any atom is 0.0638 e. The summed E-state index contributed by atoms with van der Waals surface area (Å²) >= 11 is 0. The van der Waals surface area contributed by atoms with Crippen molar-refractivity contribution >= 4 is 0 Å². The minimum atomic E-state index is 0.480. The van der Waals surface area contributed by atoms with Crippen LogP contribution in [0.1, 0.15) is 32.6 Å². The summed E-state index contributed by atoms with van der Waals surface area (Å²) in [6.07, 6.45) is 4.99. The third-order valence-electron chi connectivity index (χ3n) is 3.55. The van der Waals surface area contributed by atoms with Gasteiger partial charge < -0.3 is 0 Å². The number of hydrogen-bond donors (Lipinski definition) is 0. The summed E-state index contributed by atoms with van der Waals surface area (Å²) in [5, 5.41) is 8.61. The van der Waals surface area contributed by atoms with Gasteiger partial charge in [-0.1, -0.05) is 0 Å². The molecule has 1 aliphatic heterocycles. The van der Waals surface area contributed by atoms with Gasteiger partial charge >= 0.3 is 0 Å². The van der Waals surface area contributed by atoms with E-state index >= 15 is 0 Å². The standard InChI is InChI=1S/C11H18N2/c1-9(4-6-12)13-7-5-11(8-13)10-2-3-10/h9-11H,2-5,7-8H2,1H3. The third kappa shape index (κ3) is 2.03. The molecule has 1 aliphatic carbocycles. The molecule has 2 atom stereocenters. The van der Waals surface area contributed by atoms with E-state index in [1.807, 2.05) is 0 Å². The Morgan fingerprint density at radius 1 is 1.38 bits per heavy atom. The lowest BCUT2D eigenvalue weighted by atomic mass is 10.0. The summed E-state index contributed by atoms with van der Waals surface area (Å²) in [4.78, 5) is 2.49. The zero-order valence-electron chi connectivity index (χ0n) is 8.37.